The number of rotatable bonds is 7. The van der Waals surface area contributed by atoms with Crippen LogP contribution in [0.4, 0.5) is 10.1 Å². The van der Waals surface area contributed by atoms with Crippen molar-refractivity contribution >= 4 is 34.4 Å². The number of amidine groups is 1. The van der Waals surface area contributed by atoms with Crippen molar-refractivity contribution < 1.29 is 23.5 Å². The second kappa shape index (κ2) is 9.42. The molecule has 2 amide bonds. The fourth-order valence-electron chi connectivity index (χ4n) is 2.66. The number of ether oxygens (including phenoxy) is 2. The first-order valence-corrected chi connectivity index (χ1v) is 9.64. The van der Waals surface area contributed by atoms with Gasteiger partial charge < -0.3 is 20.1 Å². The van der Waals surface area contributed by atoms with Crippen LogP contribution in [0.25, 0.3) is 0 Å². The predicted molar refractivity (Wildman–Crippen MR) is 110 cm³/mol. The molecule has 0 spiro atoms. The number of carbonyl (C=O) groups excluding carboxylic acids is 2. The number of amides is 2. The second-order valence-corrected chi connectivity index (χ2v) is 7.36. The molecule has 1 aliphatic heterocycles. The number of anilines is 1. The van der Waals surface area contributed by atoms with E-state index in [1.54, 1.807) is 30.3 Å². The highest BCUT2D eigenvalue weighted by molar-refractivity contribution is 8.15. The SMILES string of the molecule is COc1ccc(NC(=O)C[C@H]2SC(=NCc3ccc(F)cc3)NC2=O)cc1OC. The minimum Gasteiger partial charge on any atom is -0.493 e. The fourth-order valence-corrected chi connectivity index (χ4v) is 3.63. The van der Waals surface area contributed by atoms with Gasteiger partial charge in [0.25, 0.3) is 0 Å². The van der Waals surface area contributed by atoms with E-state index in [-0.39, 0.29) is 24.1 Å². The quantitative estimate of drug-likeness (QED) is 0.723. The Balaban J connectivity index is 1.56. The zero-order valence-corrected chi connectivity index (χ0v) is 16.7. The van der Waals surface area contributed by atoms with Crippen molar-refractivity contribution in [1.82, 2.24) is 5.32 Å². The van der Waals surface area contributed by atoms with Gasteiger partial charge in [-0.3, -0.25) is 14.6 Å². The van der Waals surface area contributed by atoms with Crippen molar-refractivity contribution in [1.29, 1.82) is 0 Å². The van der Waals surface area contributed by atoms with Gasteiger partial charge in [0.1, 0.15) is 11.1 Å². The zero-order chi connectivity index (χ0) is 20.8. The number of methoxy groups -OCH3 is 2. The van der Waals surface area contributed by atoms with Crippen molar-refractivity contribution in [3.8, 4) is 11.5 Å². The summed E-state index contributed by atoms with van der Waals surface area (Å²) in [6.07, 6.45) is 0.000410. The van der Waals surface area contributed by atoms with E-state index in [1.807, 2.05) is 0 Å². The number of thioether (sulfide) groups is 1. The molecule has 1 saturated heterocycles. The number of hydrogen-bond donors (Lipinski definition) is 2. The monoisotopic (exact) mass is 417 g/mol. The summed E-state index contributed by atoms with van der Waals surface area (Å²) in [6.45, 7) is 0.313. The molecule has 0 aromatic heterocycles. The molecule has 1 fully saturated rings. The lowest BCUT2D eigenvalue weighted by Gasteiger charge is -2.11. The number of hydrogen-bond acceptors (Lipinski definition) is 6. The topological polar surface area (TPSA) is 89.0 Å². The van der Waals surface area contributed by atoms with Crippen molar-refractivity contribution in [3.63, 3.8) is 0 Å². The molecule has 0 radical (unpaired) electrons. The number of benzene rings is 2. The molecule has 7 nitrogen and oxygen atoms in total. The van der Waals surface area contributed by atoms with Crippen LogP contribution in [0.5, 0.6) is 11.5 Å². The molecular formula is C20H20FN3O4S. The Morgan fingerprint density at radius 3 is 2.59 bits per heavy atom. The highest BCUT2D eigenvalue weighted by atomic mass is 32.2. The van der Waals surface area contributed by atoms with Crippen molar-refractivity contribution in [3.05, 3.63) is 53.8 Å². The Hall–Kier alpha value is -3.07. The van der Waals surface area contributed by atoms with Crippen LogP contribution in [0.1, 0.15) is 12.0 Å². The van der Waals surface area contributed by atoms with Crippen LogP contribution in [0.15, 0.2) is 47.5 Å². The zero-order valence-electron chi connectivity index (χ0n) is 15.9. The summed E-state index contributed by atoms with van der Waals surface area (Å²) in [7, 11) is 3.04. The van der Waals surface area contributed by atoms with Gasteiger partial charge in [0, 0.05) is 18.2 Å². The molecular weight excluding hydrogens is 397 g/mol. The van der Waals surface area contributed by atoms with Crippen LogP contribution in [0.3, 0.4) is 0 Å². The summed E-state index contributed by atoms with van der Waals surface area (Å²) < 4.78 is 23.3. The standard InChI is InChI=1S/C20H20FN3O4S/c1-27-15-8-7-14(9-16(15)28-2)23-18(25)10-17-19(26)24-20(29-17)22-11-12-3-5-13(21)6-4-12/h3-9,17H,10-11H2,1-2H3,(H,23,25)(H,22,24,26)/t17-/m1/s1. The normalized spacial score (nSPS) is 17.1. The number of nitrogens with zero attached hydrogens (tertiary/aromatic N) is 1. The maximum atomic E-state index is 12.9. The lowest BCUT2D eigenvalue weighted by atomic mass is 10.2. The Morgan fingerprint density at radius 2 is 1.90 bits per heavy atom. The third-order valence-corrected chi connectivity index (χ3v) is 5.25. The molecule has 0 aliphatic carbocycles. The lowest BCUT2D eigenvalue weighted by molar-refractivity contribution is -0.122. The third-order valence-electron chi connectivity index (χ3n) is 4.13. The summed E-state index contributed by atoms with van der Waals surface area (Å²) in [5.41, 5.74) is 1.37. The fraction of sp³-hybridized carbons (Fsp3) is 0.250. The second-order valence-electron chi connectivity index (χ2n) is 6.17. The number of aliphatic imine (C=N–C) groups is 1. The van der Waals surface area contributed by atoms with E-state index in [0.717, 1.165) is 5.56 Å². The Bertz CT molecular complexity index is 934. The van der Waals surface area contributed by atoms with E-state index in [4.69, 9.17) is 9.47 Å². The summed E-state index contributed by atoms with van der Waals surface area (Å²) >= 11 is 1.20. The van der Waals surface area contributed by atoms with Crippen LogP contribution in [0, 0.1) is 5.82 Å². The molecule has 9 heteroatoms. The van der Waals surface area contributed by atoms with Gasteiger partial charge in [0.05, 0.1) is 20.8 Å². The lowest BCUT2D eigenvalue weighted by Crippen LogP contribution is -2.28. The van der Waals surface area contributed by atoms with E-state index < -0.39 is 5.25 Å². The van der Waals surface area contributed by atoms with Gasteiger partial charge in [-0.05, 0) is 29.8 Å². The number of carbonyl (C=O) groups is 2. The van der Waals surface area contributed by atoms with Gasteiger partial charge in [-0.15, -0.1) is 0 Å². The highest BCUT2D eigenvalue weighted by Crippen LogP contribution is 2.30. The van der Waals surface area contributed by atoms with E-state index in [1.165, 1.54) is 38.1 Å². The first-order valence-electron chi connectivity index (χ1n) is 8.77. The van der Waals surface area contributed by atoms with Gasteiger partial charge in [-0.1, -0.05) is 23.9 Å². The van der Waals surface area contributed by atoms with Crippen molar-refractivity contribution in [2.75, 3.05) is 19.5 Å². The third kappa shape index (κ3) is 5.47. The molecule has 1 heterocycles. The molecule has 2 aromatic rings. The number of nitrogens with one attached hydrogen (secondary N) is 2. The molecule has 0 saturated carbocycles. The van der Waals surface area contributed by atoms with Gasteiger partial charge in [-0.2, -0.15) is 0 Å². The van der Waals surface area contributed by atoms with Crippen LogP contribution in [-0.4, -0.2) is 36.5 Å². The van der Waals surface area contributed by atoms with Gasteiger partial charge in [0.2, 0.25) is 11.8 Å². The van der Waals surface area contributed by atoms with Crippen LogP contribution >= 0.6 is 11.8 Å². The van der Waals surface area contributed by atoms with E-state index in [0.29, 0.717) is 28.9 Å². The molecule has 0 unspecified atom stereocenters. The predicted octanol–water partition coefficient (Wildman–Crippen LogP) is 2.96. The molecule has 3 rings (SSSR count). The molecule has 2 aromatic carbocycles. The minimum atomic E-state index is -0.567. The molecule has 0 bridgehead atoms. The molecule has 152 valence electrons. The average Bonchev–Trinajstić information content (AvgIpc) is 3.06. The van der Waals surface area contributed by atoms with E-state index >= 15 is 0 Å². The van der Waals surface area contributed by atoms with Crippen LogP contribution < -0.4 is 20.1 Å². The average molecular weight is 417 g/mol. The summed E-state index contributed by atoms with van der Waals surface area (Å²) in [6, 6.07) is 11.0. The van der Waals surface area contributed by atoms with Crippen LogP contribution in [0.2, 0.25) is 0 Å². The maximum Gasteiger partial charge on any atom is 0.240 e. The summed E-state index contributed by atoms with van der Waals surface area (Å²) in [4.78, 5) is 28.8. The summed E-state index contributed by atoms with van der Waals surface area (Å²) in [5.74, 6) is 0.164. The first kappa shape index (κ1) is 20.7. The minimum absolute atomic E-state index is 0.000410. The van der Waals surface area contributed by atoms with Gasteiger partial charge in [0.15, 0.2) is 16.7 Å². The molecule has 1 aliphatic rings. The largest absolute Gasteiger partial charge is 0.493 e. The molecule has 1 atom stereocenters. The molecule has 2 N–H and O–H groups in total. The number of halogens is 1. The van der Waals surface area contributed by atoms with E-state index in [2.05, 4.69) is 15.6 Å². The first-order chi connectivity index (χ1) is 14.0. The van der Waals surface area contributed by atoms with Crippen molar-refractivity contribution in [2.24, 2.45) is 4.99 Å². The van der Waals surface area contributed by atoms with E-state index in [9.17, 15) is 14.0 Å². The Labute approximate surface area is 171 Å². The van der Waals surface area contributed by atoms with Crippen LogP contribution in [-0.2, 0) is 16.1 Å². The Morgan fingerprint density at radius 1 is 1.17 bits per heavy atom. The maximum absolute atomic E-state index is 12.9. The Kier molecular flexibility index (Phi) is 6.71. The van der Waals surface area contributed by atoms with Gasteiger partial charge >= 0.3 is 0 Å². The van der Waals surface area contributed by atoms with Crippen molar-refractivity contribution in [2.45, 2.75) is 18.2 Å². The van der Waals surface area contributed by atoms with Gasteiger partial charge in [-0.25, -0.2) is 4.39 Å². The molecule has 29 heavy (non-hydrogen) atoms. The smallest absolute Gasteiger partial charge is 0.240 e. The highest BCUT2D eigenvalue weighted by Gasteiger charge is 2.32. The summed E-state index contributed by atoms with van der Waals surface area (Å²) in [5, 5.41) is 5.30.